The van der Waals surface area contributed by atoms with Crippen molar-refractivity contribution < 1.29 is 28.7 Å². The van der Waals surface area contributed by atoms with Crippen LogP contribution >= 0.6 is 0 Å². The molecule has 196 valence electrons. The van der Waals surface area contributed by atoms with Gasteiger partial charge in [0, 0.05) is 36.7 Å². The fraction of sp³-hybridized carbons (Fsp3) is 0.536. The molecule has 1 aromatic carbocycles. The highest BCUT2D eigenvalue weighted by Gasteiger charge is 2.69. The Morgan fingerprint density at radius 2 is 2.00 bits per heavy atom. The number of ether oxygens (including phenoxy) is 1. The quantitative estimate of drug-likeness (QED) is 0.529. The molecule has 2 aliphatic carbocycles. The Kier molecular flexibility index (Phi) is 6.20. The van der Waals surface area contributed by atoms with Gasteiger partial charge in [-0.1, -0.05) is 19.9 Å². The number of Topliss-reactive ketones (excluding diaryl/α,β-unsaturated/α-hetero) is 3. The number of methoxy groups -OCH3 is 1. The molecule has 1 aliphatic heterocycles. The number of aromatic amines is 1. The number of nitrogens with one attached hydrogen (secondary N) is 2. The minimum atomic E-state index is -1.08. The summed E-state index contributed by atoms with van der Waals surface area (Å²) in [7, 11) is 1.57. The molecule has 9 heteroatoms. The molecule has 9 nitrogen and oxygen atoms in total. The molecule has 1 saturated heterocycles. The number of benzene rings is 1. The molecule has 2 N–H and O–H groups in total. The lowest BCUT2D eigenvalue weighted by Gasteiger charge is -2.31. The average molecular weight is 508 g/mol. The number of fused-ring (bicyclic) bond motifs is 2. The van der Waals surface area contributed by atoms with Crippen LogP contribution in [0.25, 0.3) is 10.9 Å². The van der Waals surface area contributed by atoms with Crippen LogP contribution in [-0.2, 0) is 19.2 Å². The summed E-state index contributed by atoms with van der Waals surface area (Å²) in [6.07, 6.45) is 1.96. The largest absolute Gasteiger partial charge is 0.496 e. The van der Waals surface area contributed by atoms with E-state index < -0.39 is 29.6 Å². The van der Waals surface area contributed by atoms with E-state index in [-0.39, 0.29) is 41.3 Å². The summed E-state index contributed by atoms with van der Waals surface area (Å²) in [5.41, 5.74) is 0.982. The standard InChI is InChI=1S/C28H33N3O6/c1-14(32)25(34)19(11-15-7-5-9-21(15)33)30-26(35)24-23-17(28(23,2)3)13-31(24)27(36)20-12-16-18(29-20)8-6-10-22(16)37-4/h6,8,10,12,15,17,19,23-24,29H,5,7,9,11,13H2,1-4H3,(H,30,35)/t15-,17-,19-,23-,24-/m0/s1. The molecule has 0 spiro atoms. The van der Waals surface area contributed by atoms with E-state index in [9.17, 15) is 24.0 Å². The number of nitrogens with zero attached hydrogens (tertiary/aromatic N) is 1. The van der Waals surface area contributed by atoms with Crippen molar-refractivity contribution in [3.05, 3.63) is 30.0 Å². The molecule has 5 rings (SSSR count). The van der Waals surface area contributed by atoms with Crippen LogP contribution < -0.4 is 10.1 Å². The molecule has 2 amide bonds. The smallest absolute Gasteiger partial charge is 0.271 e. The number of piperidine rings is 1. The number of aromatic nitrogens is 1. The third kappa shape index (κ3) is 4.24. The highest BCUT2D eigenvalue weighted by Crippen LogP contribution is 2.65. The first-order chi connectivity index (χ1) is 17.5. The Morgan fingerprint density at radius 3 is 2.65 bits per heavy atom. The summed E-state index contributed by atoms with van der Waals surface area (Å²) in [4.78, 5) is 69.0. The summed E-state index contributed by atoms with van der Waals surface area (Å²) in [5.74, 6) is -1.68. The van der Waals surface area contributed by atoms with E-state index in [0.29, 0.717) is 30.8 Å². The summed E-state index contributed by atoms with van der Waals surface area (Å²) >= 11 is 0. The first kappa shape index (κ1) is 25.2. The van der Waals surface area contributed by atoms with Gasteiger partial charge in [0.05, 0.1) is 13.2 Å². The number of H-pyrrole nitrogens is 1. The van der Waals surface area contributed by atoms with Crippen molar-refractivity contribution in [2.24, 2.45) is 23.2 Å². The lowest BCUT2D eigenvalue weighted by atomic mass is 9.93. The minimum absolute atomic E-state index is 0.0587. The molecule has 5 atom stereocenters. The van der Waals surface area contributed by atoms with Crippen LogP contribution in [0.1, 0.15) is 56.9 Å². The molecule has 3 fully saturated rings. The fourth-order valence-electron chi connectivity index (χ4n) is 6.53. The van der Waals surface area contributed by atoms with Gasteiger partial charge in [0.15, 0.2) is 5.78 Å². The molecule has 0 radical (unpaired) electrons. The molecule has 2 aromatic rings. The average Bonchev–Trinajstić information content (AvgIpc) is 3.38. The minimum Gasteiger partial charge on any atom is -0.496 e. The van der Waals surface area contributed by atoms with E-state index in [1.165, 1.54) is 6.92 Å². The molecule has 37 heavy (non-hydrogen) atoms. The monoisotopic (exact) mass is 507 g/mol. The number of likely N-dealkylation sites (tertiary alicyclic amines) is 1. The van der Waals surface area contributed by atoms with Crippen molar-refractivity contribution in [3.63, 3.8) is 0 Å². The van der Waals surface area contributed by atoms with Crippen LogP contribution in [0, 0.1) is 23.2 Å². The second kappa shape index (κ2) is 9.11. The maximum Gasteiger partial charge on any atom is 0.271 e. The van der Waals surface area contributed by atoms with Crippen LogP contribution in [-0.4, -0.2) is 64.8 Å². The third-order valence-electron chi connectivity index (χ3n) is 8.74. The number of ketones is 3. The Labute approximate surface area is 215 Å². The molecule has 1 aromatic heterocycles. The van der Waals surface area contributed by atoms with Gasteiger partial charge in [-0.05, 0) is 54.7 Å². The Balaban J connectivity index is 1.41. The number of rotatable bonds is 8. The normalized spacial score (nSPS) is 26.6. The van der Waals surface area contributed by atoms with E-state index in [0.717, 1.165) is 17.3 Å². The summed E-state index contributed by atoms with van der Waals surface area (Å²) in [5, 5.41) is 3.55. The Bertz CT molecular complexity index is 1310. The lowest BCUT2D eigenvalue weighted by Crippen LogP contribution is -2.54. The van der Waals surface area contributed by atoms with Gasteiger partial charge in [0.1, 0.15) is 23.3 Å². The summed E-state index contributed by atoms with van der Waals surface area (Å²) < 4.78 is 5.41. The van der Waals surface area contributed by atoms with E-state index in [4.69, 9.17) is 4.74 Å². The van der Waals surface area contributed by atoms with Gasteiger partial charge in [0.25, 0.3) is 5.91 Å². The number of carbonyl (C=O) groups excluding carboxylic acids is 5. The van der Waals surface area contributed by atoms with Crippen LogP contribution in [0.4, 0.5) is 0 Å². The maximum atomic E-state index is 13.7. The zero-order valence-electron chi connectivity index (χ0n) is 21.6. The van der Waals surface area contributed by atoms with Gasteiger partial charge in [0.2, 0.25) is 11.7 Å². The zero-order valence-corrected chi connectivity index (χ0v) is 21.6. The first-order valence-electron chi connectivity index (χ1n) is 12.9. The van der Waals surface area contributed by atoms with E-state index in [1.807, 2.05) is 18.2 Å². The highest BCUT2D eigenvalue weighted by atomic mass is 16.5. The molecule has 2 saturated carbocycles. The van der Waals surface area contributed by atoms with Crippen molar-refractivity contribution in [2.45, 2.75) is 58.5 Å². The maximum absolute atomic E-state index is 13.7. The number of carbonyl (C=O) groups is 5. The Hall–Kier alpha value is -3.49. The first-order valence-corrected chi connectivity index (χ1v) is 12.9. The molecular formula is C28H33N3O6. The second-order valence-electron chi connectivity index (χ2n) is 11.2. The number of hydrogen-bond acceptors (Lipinski definition) is 6. The van der Waals surface area contributed by atoms with Crippen LogP contribution in [0.3, 0.4) is 0 Å². The molecule has 2 heterocycles. The predicted molar refractivity (Wildman–Crippen MR) is 135 cm³/mol. The van der Waals surface area contributed by atoms with Crippen molar-refractivity contribution in [2.75, 3.05) is 13.7 Å². The van der Waals surface area contributed by atoms with Gasteiger partial charge >= 0.3 is 0 Å². The number of amides is 2. The van der Waals surface area contributed by atoms with Gasteiger partial charge in [-0.15, -0.1) is 0 Å². The lowest BCUT2D eigenvalue weighted by molar-refractivity contribution is -0.139. The van der Waals surface area contributed by atoms with Crippen molar-refractivity contribution in [3.8, 4) is 5.75 Å². The Morgan fingerprint density at radius 1 is 1.24 bits per heavy atom. The molecule has 0 unspecified atom stereocenters. The van der Waals surface area contributed by atoms with Crippen LogP contribution in [0.5, 0.6) is 5.75 Å². The summed E-state index contributed by atoms with van der Waals surface area (Å²) in [6.45, 7) is 5.75. The van der Waals surface area contributed by atoms with Gasteiger partial charge in [-0.3, -0.25) is 24.0 Å². The van der Waals surface area contributed by atoms with Crippen molar-refractivity contribution in [1.29, 1.82) is 0 Å². The van der Waals surface area contributed by atoms with Gasteiger partial charge in [-0.2, -0.15) is 0 Å². The second-order valence-corrected chi connectivity index (χ2v) is 11.2. The van der Waals surface area contributed by atoms with E-state index in [2.05, 4.69) is 24.1 Å². The SMILES string of the molecule is COc1cccc2[nH]c(C(=O)N3C[C@H]4[C@@H]([C@H]3C(=O)N[C@@H](C[C@@H]3CCCC3=O)C(=O)C(C)=O)C4(C)C)cc12. The molecule has 3 aliphatic rings. The third-order valence-corrected chi connectivity index (χ3v) is 8.74. The predicted octanol–water partition coefficient (Wildman–Crippen LogP) is 2.68. The van der Waals surface area contributed by atoms with Crippen LogP contribution in [0.2, 0.25) is 0 Å². The molecular weight excluding hydrogens is 474 g/mol. The summed E-state index contributed by atoms with van der Waals surface area (Å²) in [6, 6.07) is 5.38. The zero-order chi connectivity index (χ0) is 26.6. The number of hydrogen-bond donors (Lipinski definition) is 2. The fourth-order valence-corrected chi connectivity index (χ4v) is 6.53. The van der Waals surface area contributed by atoms with Gasteiger partial charge < -0.3 is 19.9 Å². The molecule has 0 bridgehead atoms. The topological polar surface area (TPSA) is 126 Å². The highest BCUT2D eigenvalue weighted by molar-refractivity contribution is 6.38. The van der Waals surface area contributed by atoms with Crippen molar-refractivity contribution >= 4 is 40.1 Å². The van der Waals surface area contributed by atoms with Crippen LogP contribution in [0.15, 0.2) is 24.3 Å². The van der Waals surface area contributed by atoms with E-state index in [1.54, 1.807) is 18.1 Å². The van der Waals surface area contributed by atoms with Crippen molar-refractivity contribution in [1.82, 2.24) is 15.2 Å². The van der Waals surface area contributed by atoms with Gasteiger partial charge in [-0.25, -0.2) is 0 Å². The van der Waals surface area contributed by atoms with E-state index >= 15 is 0 Å².